The third kappa shape index (κ3) is 4.29. The maximum atomic E-state index is 11.9. The quantitative estimate of drug-likeness (QED) is 0.891. The van der Waals surface area contributed by atoms with Gasteiger partial charge in [-0.3, -0.25) is 4.79 Å². The number of aromatic nitrogens is 1. The first-order chi connectivity index (χ1) is 10.1. The molecular formula is C16H21N3OS. The molecule has 0 aliphatic carbocycles. The van der Waals surface area contributed by atoms with Crippen LogP contribution in [0.1, 0.15) is 20.8 Å². The Kier molecular flexibility index (Phi) is 5.33. The Labute approximate surface area is 129 Å². The number of benzene rings is 1. The molecule has 0 aliphatic rings. The summed E-state index contributed by atoms with van der Waals surface area (Å²) in [6.45, 7) is 7.06. The molecule has 2 rings (SSSR count). The Morgan fingerprint density at radius 1 is 1.33 bits per heavy atom. The molecule has 0 spiro atoms. The van der Waals surface area contributed by atoms with Crippen LogP contribution in [0.4, 0.5) is 5.13 Å². The highest BCUT2D eigenvalue weighted by Gasteiger charge is 2.14. The zero-order chi connectivity index (χ0) is 15.2. The third-order valence-electron chi connectivity index (χ3n) is 3.00. The normalized spacial score (nSPS) is 10.7. The first kappa shape index (κ1) is 15.5. The van der Waals surface area contributed by atoms with Crippen molar-refractivity contribution >= 4 is 22.4 Å². The lowest BCUT2D eigenvalue weighted by Gasteiger charge is -2.20. The molecule has 1 heterocycles. The highest BCUT2D eigenvalue weighted by molar-refractivity contribution is 7.14. The Morgan fingerprint density at radius 2 is 2.05 bits per heavy atom. The second-order valence-corrected chi connectivity index (χ2v) is 5.95. The van der Waals surface area contributed by atoms with Gasteiger partial charge in [0.15, 0.2) is 5.13 Å². The average Bonchev–Trinajstić information content (AvgIpc) is 2.94. The van der Waals surface area contributed by atoms with E-state index in [2.05, 4.69) is 10.3 Å². The Hall–Kier alpha value is -1.88. The minimum atomic E-state index is 0.0308. The molecule has 0 bridgehead atoms. The number of hydrogen-bond acceptors (Lipinski definition) is 4. The molecule has 1 amide bonds. The van der Waals surface area contributed by atoms with Gasteiger partial charge in [-0.15, -0.1) is 11.3 Å². The highest BCUT2D eigenvalue weighted by atomic mass is 32.1. The molecule has 0 aliphatic heterocycles. The number of likely N-dealkylation sites (N-methyl/N-ethyl adjacent to an activating group) is 1. The lowest BCUT2D eigenvalue weighted by Crippen LogP contribution is -2.40. The van der Waals surface area contributed by atoms with Crippen LogP contribution in [0, 0.1) is 0 Å². The molecule has 0 fully saturated rings. The molecule has 5 heteroatoms. The van der Waals surface area contributed by atoms with Crippen LogP contribution in [-0.2, 0) is 4.79 Å². The maximum Gasteiger partial charge on any atom is 0.239 e. The van der Waals surface area contributed by atoms with Gasteiger partial charge in [0, 0.05) is 23.5 Å². The van der Waals surface area contributed by atoms with Gasteiger partial charge in [0.1, 0.15) is 0 Å². The Balaban J connectivity index is 2.09. The number of carbonyl (C=O) groups is 1. The largest absolute Gasteiger partial charge is 0.352 e. The molecule has 2 aromatic rings. The molecule has 0 unspecified atom stereocenters. The Morgan fingerprint density at radius 3 is 2.67 bits per heavy atom. The number of carbonyl (C=O) groups excluding carboxylic acids is 1. The van der Waals surface area contributed by atoms with Gasteiger partial charge in [0.2, 0.25) is 5.91 Å². The second-order valence-electron chi connectivity index (χ2n) is 5.12. The number of thiazole rings is 1. The zero-order valence-corrected chi connectivity index (χ0v) is 13.5. The van der Waals surface area contributed by atoms with Crippen molar-refractivity contribution in [2.45, 2.75) is 26.8 Å². The number of nitrogens with zero attached hydrogens (tertiary/aromatic N) is 2. The minimum Gasteiger partial charge on any atom is -0.352 e. The Bertz CT molecular complexity index is 580. The summed E-state index contributed by atoms with van der Waals surface area (Å²) in [4.78, 5) is 18.5. The molecule has 1 aromatic carbocycles. The van der Waals surface area contributed by atoms with Crippen molar-refractivity contribution in [1.82, 2.24) is 10.3 Å². The topological polar surface area (TPSA) is 45.2 Å². The van der Waals surface area contributed by atoms with Crippen LogP contribution in [-0.4, -0.2) is 30.0 Å². The van der Waals surface area contributed by atoms with Crippen molar-refractivity contribution < 1.29 is 4.79 Å². The summed E-state index contributed by atoms with van der Waals surface area (Å²) >= 11 is 1.57. The van der Waals surface area contributed by atoms with Crippen LogP contribution >= 0.6 is 11.3 Å². The fourth-order valence-corrected chi connectivity index (χ4v) is 2.91. The van der Waals surface area contributed by atoms with E-state index in [1.807, 2.05) is 61.4 Å². The molecule has 0 saturated heterocycles. The van der Waals surface area contributed by atoms with Gasteiger partial charge in [-0.25, -0.2) is 4.98 Å². The van der Waals surface area contributed by atoms with Crippen molar-refractivity contribution in [3.63, 3.8) is 0 Å². The van der Waals surface area contributed by atoms with E-state index in [0.29, 0.717) is 6.54 Å². The smallest absolute Gasteiger partial charge is 0.239 e. The number of rotatable bonds is 6. The zero-order valence-electron chi connectivity index (χ0n) is 12.7. The van der Waals surface area contributed by atoms with Crippen molar-refractivity contribution in [2.24, 2.45) is 0 Å². The lowest BCUT2D eigenvalue weighted by molar-refractivity contribution is -0.120. The van der Waals surface area contributed by atoms with Gasteiger partial charge >= 0.3 is 0 Å². The summed E-state index contributed by atoms with van der Waals surface area (Å²) in [5, 5.41) is 5.83. The first-order valence-corrected chi connectivity index (χ1v) is 8.03. The summed E-state index contributed by atoms with van der Waals surface area (Å²) < 4.78 is 0. The van der Waals surface area contributed by atoms with Gasteiger partial charge in [0.25, 0.3) is 0 Å². The molecule has 0 radical (unpaired) electrons. The molecule has 112 valence electrons. The predicted octanol–water partition coefficient (Wildman–Crippen LogP) is 3.16. The number of nitrogens with one attached hydrogen (secondary N) is 1. The SMILES string of the molecule is CCN(CC(=O)NC(C)C)c1nc(-c2ccccc2)cs1. The second kappa shape index (κ2) is 7.22. The van der Waals surface area contributed by atoms with Gasteiger partial charge in [-0.1, -0.05) is 30.3 Å². The predicted molar refractivity (Wildman–Crippen MR) is 88.7 cm³/mol. The third-order valence-corrected chi connectivity index (χ3v) is 3.90. The van der Waals surface area contributed by atoms with Crippen LogP contribution in [0.5, 0.6) is 0 Å². The molecule has 1 aromatic heterocycles. The molecule has 1 N–H and O–H groups in total. The van der Waals surface area contributed by atoms with E-state index in [1.54, 1.807) is 11.3 Å². The van der Waals surface area contributed by atoms with Crippen molar-refractivity contribution in [2.75, 3.05) is 18.0 Å². The van der Waals surface area contributed by atoms with E-state index in [-0.39, 0.29) is 11.9 Å². The molecule has 4 nitrogen and oxygen atoms in total. The van der Waals surface area contributed by atoms with Gasteiger partial charge in [-0.05, 0) is 20.8 Å². The van der Waals surface area contributed by atoms with E-state index in [1.165, 1.54) is 0 Å². The van der Waals surface area contributed by atoms with E-state index in [9.17, 15) is 4.79 Å². The molecule has 0 saturated carbocycles. The molecule has 0 atom stereocenters. The van der Waals surface area contributed by atoms with Gasteiger partial charge in [0.05, 0.1) is 12.2 Å². The standard InChI is InChI=1S/C16H21N3OS/c1-4-19(10-15(20)17-12(2)3)16-18-14(11-21-16)13-8-6-5-7-9-13/h5-9,11-12H,4,10H2,1-3H3,(H,17,20). The number of hydrogen-bond donors (Lipinski definition) is 1. The van der Waals surface area contributed by atoms with Crippen LogP contribution < -0.4 is 10.2 Å². The van der Waals surface area contributed by atoms with Crippen LogP contribution in [0.25, 0.3) is 11.3 Å². The van der Waals surface area contributed by atoms with Crippen LogP contribution in [0.3, 0.4) is 0 Å². The van der Waals surface area contributed by atoms with Crippen molar-refractivity contribution in [1.29, 1.82) is 0 Å². The summed E-state index contributed by atoms with van der Waals surface area (Å²) in [6.07, 6.45) is 0. The van der Waals surface area contributed by atoms with E-state index in [0.717, 1.165) is 22.9 Å². The number of anilines is 1. The van der Waals surface area contributed by atoms with Crippen LogP contribution in [0.2, 0.25) is 0 Å². The monoisotopic (exact) mass is 303 g/mol. The highest BCUT2D eigenvalue weighted by Crippen LogP contribution is 2.27. The fourth-order valence-electron chi connectivity index (χ4n) is 2.01. The first-order valence-electron chi connectivity index (χ1n) is 7.15. The minimum absolute atomic E-state index is 0.0308. The maximum absolute atomic E-state index is 11.9. The average molecular weight is 303 g/mol. The van der Waals surface area contributed by atoms with Crippen molar-refractivity contribution in [3.8, 4) is 11.3 Å². The summed E-state index contributed by atoms with van der Waals surface area (Å²) in [5.41, 5.74) is 2.06. The summed E-state index contributed by atoms with van der Waals surface area (Å²) in [7, 11) is 0. The summed E-state index contributed by atoms with van der Waals surface area (Å²) in [5.74, 6) is 0.0308. The van der Waals surface area contributed by atoms with Gasteiger partial charge < -0.3 is 10.2 Å². The fraction of sp³-hybridized carbons (Fsp3) is 0.375. The van der Waals surface area contributed by atoms with Crippen molar-refractivity contribution in [3.05, 3.63) is 35.7 Å². The molecular weight excluding hydrogens is 282 g/mol. The van der Waals surface area contributed by atoms with E-state index >= 15 is 0 Å². The van der Waals surface area contributed by atoms with Gasteiger partial charge in [-0.2, -0.15) is 0 Å². The lowest BCUT2D eigenvalue weighted by atomic mass is 10.2. The van der Waals surface area contributed by atoms with E-state index < -0.39 is 0 Å². The number of amides is 1. The van der Waals surface area contributed by atoms with E-state index in [4.69, 9.17) is 0 Å². The molecule has 21 heavy (non-hydrogen) atoms. The summed E-state index contributed by atoms with van der Waals surface area (Å²) in [6, 6.07) is 10.2. The van der Waals surface area contributed by atoms with Crippen LogP contribution in [0.15, 0.2) is 35.7 Å².